The van der Waals surface area contributed by atoms with Crippen LogP contribution in [0.5, 0.6) is 0 Å². The van der Waals surface area contributed by atoms with Crippen molar-refractivity contribution in [3.05, 3.63) is 51.4 Å². The van der Waals surface area contributed by atoms with Crippen molar-refractivity contribution in [2.75, 3.05) is 26.2 Å². The van der Waals surface area contributed by atoms with Crippen LogP contribution < -0.4 is 0 Å². The van der Waals surface area contributed by atoms with E-state index in [4.69, 9.17) is 4.74 Å². The summed E-state index contributed by atoms with van der Waals surface area (Å²) < 4.78 is 5.88. The number of hydrogen-bond donors (Lipinski definition) is 2. The van der Waals surface area contributed by atoms with E-state index < -0.39 is 23.3 Å². The molecular weight excluding hydrogens is 406 g/mol. The van der Waals surface area contributed by atoms with Crippen molar-refractivity contribution in [3.8, 4) is 0 Å². The minimum atomic E-state index is -0.885. The van der Waals surface area contributed by atoms with Gasteiger partial charge in [0.25, 0.3) is 5.69 Å². The number of esters is 1. The number of carbonyl (C=O) groups is 2. The van der Waals surface area contributed by atoms with Crippen LogP contribution in [0.15, 0.2) is 35.7 Å². The lowest BCUT2D eigenvalue weighted by molar-refractivity contribution is -0.958. The lowest BCUT2D eigenvalue weighted by Gasteiger charge is -2.52. The molecule has 1 unspecified atom stereocenters. The number of amides is 1. The Hall–Kier alpha value is -2.98. The van der Waals surface area contributed by atoms with Gasteiger partial charge in [-0.05, 0) is 38.5 Å². The highest BCUT2D eigenvalue weighted by molar-refractivity contribution is 5.97. The molecule has 0 bridgehead atoms. The van der Waals surface area contributed by atoms with E-state index in [1.54, 1.807) is 0 Å². The molecule has 10 heteroatoms. The summed E-state index contributed by atoms with van der Waals surface area (Å²) in [5, 5.41) is 30.5. The molecule has 0 radical (unpaired) electrons. The van der Waals surface area contributed by atoms with E-state index in [-0.39, 0.29) is 42.9 Å². The number of non-ortho nitro benzene ring substituents is 1. The third-order valence-electron chi connectivity index (χ3n) is 6.02. The van der Waals surface area contributed by atoms with E-state index in [0.29, 0.717) is 10.0 Å². The van der Waals surface area contributed by atoms with Crippen molar-refractivity contribution >= 4 is 17.6 Å². The van der Waals surface area contributed by atoms with Crippen LogP contribution in [-0.4, -0.2) is 68.8 Å². The number of aliphatic hydroxyl groups excluding tert-OH is 2. The molecule has 1 saturated heterocycles. The summed E-state index contributed by atoms with van der Waals surface area (Å²) in [5.41, 5.74) is 0.181. The second-order valence-corrected chi connectivity index (χ2v) is 7.38. The maximum Gasteiger partial charge on any atom is 0.359 e. The lowest BCUT2D eigenvalue weighted by atomic mass is 10.0. The second kappa shape index (κ2) is 10.4. The fourth-order valence-corrected chi connectivity index (χ4v) is 3.93. The molecule has 170 valence electrons. The number of β-lactam (4-membered cyclic amide) rings is 1. The van der Waals surface area contributed by atoms with Crippen LogP contribution in [0, 0.1) is 10.1 Å². The minimum absolute atomic E-state index is 0.0851. The standard InChI is InChI=1S/C21H29N3O7/c1-4-24(5-2,6-3)18-13-19(27)22(18)20(17(26)11-12-25)21(28)31-14-15-7-9-16(10-8-15)23(29)30/h7-10,18,25H,4-6,11-14H2,1-3H3/p+1. The van der Waals surface area contributed by atoms with Crippen molar-refractivity contribution in [3.63, 3.8) is 0 Å². The molecule has 1 aliphatic rings. The highest BCUT2D eigenvalue weighted by atomic mass is 16.6. The van der Waals surface area contributed by atoms with Gasteiger partial charge in [0.1, 0.15) is 18.8 Å². The van der Waals surface area contributed by atoms with Gasteiger partial charge in [-0.3, -0.25) is 19.8 Å². The van der Waals surface area contributed by atoms with Crippen LogP contribution in [0.3, 0.4) is 0 Å². The van der Waals surface area contributed by atoms with Gasteiger partial charge in [0, 0.05) is 18.6 Å². The number of nitrogens with zero attached hydrogens (tertiary/aromatic N) is 3. The number of benzene rings is 1. The number of rotatable bonds is 11. The Morgan fingerprint density at radius 1 is 1.23 bits per heavy atom. The number of quaternary nitrogens is 1. The van der Waals surface area contributed by atoms with Crippen LogP contribution in [-0.2, 0) is 20.9 Å². The van der Waals surface area contributed by atoms with Gasteiger partial charge < -0.3 is 19.4 Å². The second-order valence-electron chi connectivity index (χ2n) is 7.38. The molecule has 1 aromatic rings. The molecule has 0 spiro atoms. The molecule has 2 rings (SSSR count). The van der Waals surface area contributed by atoms with Crippen LogP contribution in [0.1, 0.15) is 39.2 Å². The SMILES string of the molecule is CC[N+](CC)(CC)C1CC(=O)N1/C(C(=O)OCc1ccc([N+](=O)[O-])cc1)=C(/O)CCO. The van der Waals surface area contributed by atoms with Crippen molar-refractivity contribution in [1.82, 2.24) is 4.90 Å². The Morgan fingerprint density at radius 2 is 1.81 bits per heavy atom. The number of nitro benzene ring substituents is 1. The summed E-state index contributed by atoms with van der Waals surface area (Å²) >= 11 is 0. The molecule has 0 aliphatic carbocycles. The molecule has 10 nitrogen and oxygen atoms in total. The number of carbonyl (C=O) groups excluding carboxylic acids is 2. The van der Waals surface area contributed by atoms with Crippen LogP contribution in [0.25, 0.3) is 0 Å². The molecule has 1 fully saturated rings. The number of nitro groups is 1. The highest BCUT2D eigenvalue weighted by Gasteiger charge is 2.52. The van der Waals surface area contributed by atoms with Gasteiger partial charge in [-0.2, -0.15) is 0 Å². The minimum Gasteiger partial charge on any atom is -0.510 e. The van der Waals surface area contributed by atoms with Crippen LogP contribution >= 0.6 is 0 Å². The first-order chi connectivity index (χ1) is 14.7. The quantitative estimate of drug-likeness (QED) is 0.103. The summed E-state index contributed by atoms with van der Waals surface area (Å²) in [6.07, 6.45) is -0.251. The van der Waals surface area contributed by atoms with Gasteiger partial charge in [0.15, 0.2) is 11.9 Å². The van der Waals surface area contributed by atoms with Gasteiger partial charge in [0.2, 0.25) is 5.91 Å². The molecule has 0 aromatic heterocycles. The van der Waals surface area contributed by atoms with E-state index in [9.17, 15) is 29.9 Å². The Kier molecular flexibility index (Phi) is 8.12. The average molecular weight is 436 g/mol. The fourth-order valence-electron chi connectivity index (χ4n) is 3.93. The van der Waals surface area contributed by atoms with Crippen molar-refractivity contribution in [1.29, 1.82) is 0 Å². The Bertz CT molecular complexity index is 839. The average Bonchev–Trinajstić information content (AvgIpc) is 2.76. The zero-order valence-corrected chi connectivity index (χ0v) is 18.1. The first-order valence-corrected chi connectivity index (χ1v) is 10.4. The van der Waals surface area contributed by atoms with E-state index in [1.165, 1.54) is 29.2 Å². The molecular formula is C21H30N3O7+. The fraction of sp³-hybridized carbons (Fsp3) is 0.524. The lowest BCUT2D eigenvalue weighted by Crippen LogP contribution is -2.70. The van der Waals surface area contributed by atoms with E-state index in [0.717, 1.165) is 19.6 Å². The predicted molar refractivity (Wildman–Crippen MR) is 111 cm³/mol. The Balaban J connectivity index is 2.27. The van der Waals surface area contributed by atoms with Crippen molar-refractivity contribution < 1.29 is 33.9 Å². The number of hydrogen-bond acceptors (Lipinski definition) is 7. The third kappa shape index (κ3) is 5.02. The number of aliphatic hydroxyl groups is 2. The number of ether oxygens (including phenoxy) is 1. The molecule has 31 heavy (non-hydrogen) atoms. The maximum atomic E-state index is 12.9. The molecule has 1 heterocycles. The van der Waals surface area contributed by atoms with Crippen molar-refractivity contribution in [2.45, 2.75) is 46.4 Å². The molecule has 1 aromatic carbocycles. The maximum absolute atomic E-state index is 12.9. The third-order valence-corrected chi connectivity index (χ3v) is 6.02. The van der Waals surface area contributed by atoms with Crippen LogP contribution in [0.4, 0.5) is 5.69 Å². The van der Waals surface area contributed by atoms with Crippen molar-refractivity contribution in [2.24, 2.45) is 0 Å². The molecule has 1 aliphatic heterocycles. The van der Waals surface area contributed by atoms with E-state index >= 15 is 0 Å². The van der Waals surface area contributed by atoms with E-state index in [2.05, 4.69) is 0 Å². The summed E-state index contributed by atoms with van der Waals surface area (Å²) in [7, 11) is 0. The Labute approximate surface area is 181 Å². The monoisotopic (exact) mass is 436 g/mol. The normalized spacial score (nSPS) is 17.1. The predicted octanol–water partition coefficient (Wildman–Crippen LogP) is 2.22. The van der Waals surface area contributed by atoms with Gasteiger partial charge >= 0.3 is 5.97 Å². The van der Waals surface area contributed by atoms with Crippen LogP contribution in [0.2, 0.25) is 0 Å². The Morgan fingerprint density at radius 3 is 2.26 bits per heavy atom. The molecule has 1 atom stereocenters. The molecule has 1 amide bonds. The topological polar surface area (TPSA) is 130 Å². The van der Waals surface area contributed by atoms with E-state index in [1.807, 2.05) is 20.8 Å². The van der Waals surface area contributed by atoms with Gasteiger partial charge in [-0.15, -0.1) is 0 Å². The first kappa shape index (κ1) is 24.3. The number of likely N-dealkylation sites (tertiary alicyclic amines) is 1. The first-order valence-electron chi connectivity index (χ1n) is 10.4. The smallest absolute Gasteiger partial charge is 0.359 e. The van der Waals surface area contributed by atoms with Gasteiger partial charge in [-0.25, -0.2) is 4.79 Å². The summed E-state index contributed by atoms with van der Waals surface area (Å²) in [6, 6.07) is 5.53. The largest absolute Gasteiger partial charge is 0.510 e. The van der Waals surface area contributed by atoms with Gasteiger partial charge in [-0.1, -0.05) is 0 Å². The zero-order valence-electron chi connectivity index (χ0n) is 18.1. The highest BCUT2D eigenvalue weighted by Crippen LogP contribution is 2.34. The molecule has 0 saturated carbocycles. The molecule has 2 N–H and O–H groups in total. The summed E-state index contributed by atoms with van der Waals surface area (Å²) in [4.78, 5) is 36.9. The van der Waals surface area contributed by atoms with Gasteiger partial charge in [0.05, 0.1) is 31.2 Å². The summed E-state index contributed by atoms with van der Waals surface area (Å²) in [5.74, 6) is -1.59. The zero-order chi connectivity index (χ0) is 23.2. The summed E-state index contributed by atoms with van der Waals surface area (Å²) in [6.45, 7) is 7.68.